The SMILES string of the molecule is Cn1nnnc1NCc1cc(Br)ccc1OCc1ccc(F)cc1. The molecule has 0 radical (unpaired) electrons. The maximum absolute atomic E-state index is 13.0. The van der Waals surface area contributed by atoms with Crippen LogP contribution in [0.3, 0.4) is 0 Å². The van der Waals surface area contributed by atoms with Crippen molar-refractivity contribution in [1.29, 1.82) is 0 Å². The van der Waals surface area contributed by atoms with Crippen molar-refractivity contribution in [3.63, 3.8) is 0 Å². The number of rotatable bonds is 6. The highest BCUT2D eigenvalue weighted by Gasteiger charge is 2.08. The summed E-state index contributed by atoms with van der Waals surface area (Å²) < 4.78 is 21.3. The number of nitrogens with one attached hydrogen (secondary N) is 1. The third kappa shape index (κ3) is 4.08. The Hall–Kier alpha value is -2.48. The van der Waals surface area contributed by atoms with Crippen LogP contribution < -0.4 is 10.1 Å². The number of tetrazole rings is 1. The fraction of sp³-hybridized carbons (Fsp3) is 0.188. The van der Waals surface area contributed by atoms with Gasteiger partial charge in [0.25, 0.3) is 0 Å². The number of hydrogen-bond acceptors (Lipinski definition) is 5. The van der Waals surface area contributed by atoms with Crippen molar-refractivity contribution >= 4 is 21.9 Å². The monoisotopic (exact) mass is 391 g/mol. The van der Waals surface area contributed by atoms with E-state index < -0.39 is 0 Å². The van der Waals surface area contributed by atoms with Crippen LogP contribution >= 0.6 is 15.9 Å². The van der Waals surface area contributed by atoms with E-state index in [9.17, 15) is 4.39 Å². The van der Waals surface area contributed by atoms with Gasteiger partial charge in [0, 0.05) is 23.6 Å². The summed E-state index contributed by atoms with van der Waals surface area (Å²) in [6.07, 6.45) is 0. The number of aryl methyl sites for hydroxylation is 1. The molecule has 3 rings (SSSR count). The summed E-state index contributed by atoms with van der Waals surface area (Å²) in [6, 6.07) is 12.0. The third-order valence-corrected chi connectivity index (χ3v) is 3.88. The Balaban J connectivity index is 1.70. The molecule has 6 nitrogen and oxygen atoms in total. The summed E-state index contributed by atoms with van der Waals surface area (Å²) >= 11 is 3.46. The summed E-state index contributed by atoms with van der Waals surface area (Å²) in [5.41, 5.74) is 1.85. The summed E-state index contributed by atoms with van der Waals surface area (Å²) in [6.45, 7) is 0.868. The standard InChI is InChI=1S/C16H15BrFN5O/c1-23-16(20-21-22-23)19-9-12-8-13(17)4-7-15(12)24-10-11-2-5-14(18)6-3-11/h2-8H,9-10H2,1H3,(H,19,20,22). The highest BCUT2D eigenvalue weighted by molar-refractivity contribution is 9.10. The Bertz CT molecular complexity index is 822. The van der Waals surface area contributed by atoms with E-state index in [2.05, 4.69) is 36.8 Å². The minimum Gasteiger partial charge on any atom is -0.489 e. The summed E-state index contributed by atoms with van der Waals surface area (Å²) in [7, 11) is 1.76. The molecule has 0 unspecified atom stereocenters. The first-order chi connectivity index (χ1) is 11.6. The van der Waals surface area contributed by atoms with E-state index in [0.717, 1.165) is 21.3 Å². The summed E-state index contributed by atoms with van der Waals surface area (Å²) in [4.78, 5) is 0. The lowest BCUT2D eigenvalue weighted by Crippen LogP contribution is -2.07. The van der Waals surface area contributed by atoms with Gasteiger partial charge in [-0.05, 0) is 46.3 Å². The van der Waals surface area contributed by atoms with Gasteiger partial charge in [-0.2, -0.15) is 0 Å². The second kappa shape index (κ2) is 7.39. The van der Waals surface area contributed by atoms with Gasteiger partial charge in [0.05, 0.1) is 0 Å². The molecule has 0 fully saturated rings. The number of anilines is 1. The first-order valence-corrected chi connectivity index (χ1v) is 8.03. The smallest absolute Gasteiger partial charge is 0.242 e. The van der Waals surface area contributed by atoms with Crippen LogP contribution in [-0.4, -0.2) is 20.2 Å². The normalized spacial score (nSPS) is 10.6. The quantitative estimate of drug-likeness (QED) is 0.698. The Morgan fingerprint density at radius 3 is 2.71 bits per heavy atom. The molecule has 0 saturated carbocycles. The Kier molecular flexibility index (Phi) is 5.05. The lowest BCUT2D eigenvalue weighted by atomic mass is 10.2. The van der Waals surface area contributed by atoms with Crippen LogP contribution in [0.4, 0.5) is 10.3 Å². The molecule has 3 aromatic rings. The molecule has 8 heteroatoms. The topological polar surface area (TPSA) is 64.9 Å². The van der Waals surface area contributed by atoms with Gasteiger partial charge in [0.1, 0.15) is 18.2 Å². The van der Waals surface area contributed by atoms with Crippen LogP contribution in [0.2, 0.25) is 0 Å². The van der Waals surface area contributed by atoms with Gasteiger partial charge in [-0.25, -0.2) is 9.07 Å². The molecular formula is C16H15BrFN5O. The third-order valence-electron chi connectivity index (χ3n) is 3.39. The van der Waals surface area contributed by atoms with Gasteiger partial charge >= 0.3 is 0 Å². The fourth-order valence-electron chi connectivity index (χ4n) is 2.12. The first kappa shape index (κ1) is 16.4. The van der Waals surface area contributed by atoms with E-state index >= 15 is 0 Å². The molecule has 0 aliphatic carbocycles. The van der Waals surface area contributed by atoms with Crippen LogP contribution in [0.25, 0.3) is 0 Å². The molecule has 0 spiro atoms. The van der Waals surface area contributed by atoms with Gasteiger partial charge in [-0.3, -0.25) is 0 Å². The van der Waals surface area contributed by atoms with Gasteiger partial charge < -0.3 is 10.1 Å². The first-order valence-electron chi connectivity index (χ1n) is 7.24. The van der Waals surface area contributed by atoms with Crippen LogP contribution in [0, 0.1) is 5.82 Å². The van der Waals surface area contributed by atoms with E-state index in [1.54, 1.807) is 23.9 Å². The zero-order valence-electron chi connectivity index (χ0n) is 12.9. The number of ether oxygens (including phenoxy) is 1. The molecule has 24 heavy (non-hydrogen) atoms. The predicted molar refractivity (Wildman–Crippen MR) is 91.0 cm³/mol. The second-order valence-electron chi connectivity index (χ2n) is 5.15. The van der Waals surface area contributed by atoms with E-state index in [4.69, 9.17) is 4.74 Å². The van der Waals surface area contributed by atoms with Crippen LogP contribution in [-0.2, 0) is 20.2 Å². The van der Waals surface area contributed by atoms with Crippen molar-refractivity contribution in [2.45, 2.75) is 13.2 Å². The molecule has 0 atom stereocenters. The number of halogens is 2. The van der Waals surface area contributed by atoms with Gasteiger partial charge in [0.2, 0.25) is 5.95 Å². The van der Waals surface area contributed by atoms with Gasteiger partial charge in [0.15, 0.2) is 0 Å². The van der Waals surface area contributed by atoms with E-state index in [1.807, 2.05) is 18.2 Å². The molecular weight excluding hydrogens is 377 g/mol. The Morgan fingerprint density at radius 2 is 2.00 bits per heavy atom. The van der Waals surface area contributed by atoms with Crippen molar-refractivity contribution in [3.05, 3.63) is 63.9 Å². The molecule has 0 bridgehead atoms. The molecule has 0 amide bonds. The van der Waals surface area contributed by atoms with Gasteiger partial charge in [-0.1, -0.05) is 33.2 Å². The highest BCUT2D eigenvalue weighted by atomic mass is 79.9. The van der Waals surface area contributed by atoms with Crippen molar-refractivity contribution in [3.8, 4) is 5.75 Å². The molecule has 1 N–H and O–H groups in total. The van der Waals surface area contributed by atoms with E-state index in [1.165, 1.54) is 12.1 Å². The maximum Gasteiger partial charge on any atom is 0.242 e. The lowest BCUT2D eigenvalue weighted by Gasteiger charge is -2.13. The number of benzene rings is 2. The van der Waals surface area contributed by atoms with E-state index in [-0.39, 0.29) is 5.82 Å². The fourth-order valence-corrected chi connectivity index (χ4v) is 2.53. The minimum atomic E-state index is -0.260. The highest BCUT2D eigenvalue weighted by Crippen LogP contribution is 2.25. The molecule has 1 aromatic heterocycles. The van der Waals surface area contributed by atoms with Gasteiger partial charge in [-0.15, -0.1) is 0 Å². The molecule has 0 saturated heterocycles. The molecule has 0 aliphatic heterocycles. The summed E-state index contributed by atoms with van der Waals surface area (Å²) in [5.74, 6) is 1.05. The molecule has 2 aromatic carbocycles. The zero-order valence-corrected chi connectivity index (χ0v) is 14.5. The average molecular weight is 392 g/mol. The minimum absolute atomic E-state index is 0.260. The van der Waals surface area contributed by atoms with Crippen LogP contribution in [0.1, 0.15) is 11.1 Å². The number of hydrogen-bond donors (Lipinski definition) is 1. The molecule has 1 heterocycles. The zero-order chi connectivity index (χ0) is 16.9. The van der Waals surface area contributed by atoms with Crippen LogP contribution in [0.5, 0.6) is 5.75 Å². The van der Waals surface area contributed by atoms with Crippen molar-refractivity contribution in [2.24, 2.45) is 7.05 Å². The Labute approximate surface area is 146 Å². The molecule has 124 valence electrons. The average Bonchev–Trinajstić information content (AvgIpc) is 2.98. The summed E-state index contributed by atoms with van der Waals surface area (Å²) in [5, 5.41) is 14.4. The largest absolute Gasteiger partial charge is 0.489 e. The second-order valence-corrected chi connectivity index (χ2v) is 6.06. The number of aromatic nitrogens is 4. The Morgan fingerprint density at radius 1 is 1.21 bits per heavy atom. The predicted octanol–water partition coefficient (Wildman–Crippen LogP) is 3.30. The van der Waals surface area contributed by atoms with Crippen molar-refractivity contribution < 1.29 is 9.13 Å². The van der Waals surface area contributed by atoms with Crippen molar-refractivity contribution in [2.75, 3.05) is 5.32 Å². The molecule has 0 aliphatic rings. The lowest BCUT2D eigenvalue weighted by molar-refractivity contribution is 0.303. The maximum atomic E-state index is 13.0. The van der Waals surface area contributed by atoms with E-state index in [0.29, 0.717) is 19.1 Å². The number of nitrogens with zero attached hydrogens (tertiary/aromatic N) is 4. The van der Waals surface area contributed by atoms with Crippen LogP contribution in [0.15, 0.2) is 46.9 Å². The van der Waals surface area contributed by atoms with Crippen molar-refractivity contribution in [1.82, 2.24) is 20.2 Å².